The summed E-state index contributed by atoms with van der Waals surface area (Å²) >= 11 is 5.82. The summed E-state index contributed by atoms with van der Waals surface area (Å²) in [5, 5.41) is 9.34. The highest BCUT2D eigenvalue weighted by atomic mass is 35.5. The van der Waals surface area contributed by atoms with Crippen LogP contribution in [0, 0.1) is 0 Å². The van der Waals surface area contributed by atoms with Gasteiger partial charge in [0.2, 0.25) is 0 Å². The van der Waals surface area contributed by atoms with Crippen LogP contribution in [0.4, 0.5) is 0 Å². The summed E-state index contributed by atoms with van der Waals surface area (Å²) in [5.74, 6) is -0.700. The molecule has 0 bridgehead atoms. The highest BCUT2D eigenvalue weighted by Crippen LogP contribution is 2.36. The average Bonchev–Trinajstić information content (AvgIpc) is 2.18. The third-order valence-electron chi connectivity index (χ3n) is 2.39. The first-order chi connectivity index (χ1) is 7.09. The van der Waals surface area contributed by atoms with Gasteiger partial charge in [0.25, 0.3) is 0 Å². The van der Waals surface area contributed by atoms with Crippen molar-refractivity contribution in [3.63, 3.8) is 0 Å². The number of hydrogen-bond donors (Lipinski definition) is 2. The molecule has 1 aromatic carbocycles. The van der Waals surface area contributed by atoms with Crippen LogP contribution in [0.3, 0.4) is 0 Å². The summed E-state index contributed by atoms with van der Waals surface area (Å²) in [7, 11) is 0. The summed E-state index contributed by atoms with van der Waals surface area (Å²) in [6.07, 6.45) is 0.673. The molecule has 0 aliphatic carbocycles. The average molecular weight is 264 g/mol. The fraction of sp³-hybridized carbons (Fsp3) is 0.300. The van der Waals surface area contributed by atoms with Gasteiger partial charge in [-0.2, -0.15) is 0 Å². The lowest BCUT2D eigenvalue weighted by Gasteiger charge is -2.24. The number of benzene rings is 1. The van der Waals surface area contributed by atoms with E-state index in [2.05, 4.69) is 0 Å². The number of rotatable bonds is 1. The second-order valence-corrected chi connectivity index (χ2v) is 3.86. The largest absolute Gasteiger partial charge is 0.492 e. The van der Waals surface area contributed by atoms with Crippen molar-refractivity contribution in [3.8, 4) is 5.75 Å². The van der Waals surface area contributed by atoms with Crippen molar-refractivity contribution in [2.24, 2.45) is 5.73 Å². The SMILES string of the molecule is Cl.N[C@@H]1CCOc2c(C(=O)O)cc(Cl)cc21. The predicted octanol–water partition coefficient (Wildman–Crippen LogP) is 2.24. The van der Waals surface area contributed by atoms with E-state index in [1.807, 2.05) is 0 Å². The summed E-state index contributed by atoms with van der Waals surface area (Å²) in [6.45, 7) is 0.441. The molecule has 0 spiro atoms. The molecule has 2 rings (SSSR count). The summed E-state index contributed by atoms with van der Waals surface area (Å²) in [6, 6.07) is 2.83. The van der Waals surface area contributed by atoms with Crippen molar-refractivity contribution in [1.82, 2.24) is 0 Å². The Morgan fingerprint density at radius 1 is 1.56 bits per heavy atom. The van der Waals surface area contributed by atoms with Crippen LogP contribution in [0.1, 0.15) is 28.4 Å². The number of ether oxygens (including phenoxy) is 1. The lowest BCUT2D eigenvalue weighted by Crippen LogP contribution is -2.22. The number of aromatic carboxylic acids is 1. The molecular weight excluding hydrogens is 253 g/mol. The zero-order chi connectivity index (χ0) is 11.0. The maximum Gasteiger partial charge on any atom is 0.339 e. The van der Waals surface area contributed by atoms with E-state index in [1.54, 1.807) is 6.07 Å². The molecule has 0 saturated carbocycles. The van der Waals surface area contributed by atoms with E-state index in [0.29, 0.717) is 29.4 Å². The molecule has 1 aliphatic heterocycles. The number of carbonyl (C=O) groups is 1. The van der Waals surface area contributed by atoms with Crippen LogP contribution in [0.5, 0.6) is 5.75 Å². The number of carboxylic acids is 1. The van der Waals surface area contributed by atoms with Crippen molar-refractivity contribution in [1.29, 1.82) is 0 Å². The zero-order valence-electron chi connectivity index (χ0n) is 8.27. The first-order valence-corrected chi connectivity index (χ1v) is 4.92. The molecule has 0 amide bonds. The monoisotopic (exact) mass is 263 g/mol. The number of fused-ring (bicyclic) bond motifs is 1. The van der Waals surface area contributed by atoms with Gasteiger partial charge in [0, 0.05) is 23.0 Å². The predicted molar refractivity (Wildman–Crippen MR) is 62.7 cm³/mol. The van der Waals surface area contributed by atoms with Crippen molar-refractivity contribution in [2.75, 3.05) is 6.61 Å². The van der Waals surface area contributed by atoms with Gasteiger partial charge in [-0.25, -0.2) is 4.79 Å². The molecule has 16 heavy (non-hydrogen) atoms. The molecule has 88 valence electrons. The van der Waals surface area contributed by atoms with Gasteiger partial charge < -0.3 is 15.6 Å². The van der Waals surface area contributed by atoms with Crippen molar-refractivity contribution in [2.45, 2.75) is 12.5 Å². The lowest BCUT2D eigenvalue weighted by atomic mass is 9.98. The molecule has 3 N–H and O–H groups in total. The van der Waals surface area contributed by atoms with E-state index in [-0.39, 0.29) is 24.0 Å². The second kappa shape index (κ2) is 4.91. The topological polar surface area (TPSA) is 72.5 Å². The van der Waals surface area contributed by atoms with Gasteiger partial charge in [-0.1, -0.05) is 11.6 Å². The van der Waals surface area contributed by atoms with E-state index >= 15 is 0 Å². The maximum atomic E-state index is 11.0. The Hall–Kier alpha value is -0.970. The van der Waals surface area contributed by atoms with Crippen molar-refractivity contribution in [3.05, 3.63) is 28.3 Å². The Morgan fingerprint density at radius 3 is 2.88 bits per heavy atom. The highest BCUT2D eigenvalue weighted by molar-refractivity contribution is 6.31. The lowest BCUT2D eigenvalue weighted by molar-refractivity contribution is 0.0691. The Morgan fingerprint density at radius 2 is 2.25 bits per heavy atom. The van der Waals surface area contributed by atoms with Gasteiger partial charge in [-0.15, -0.1) is 12.4 Å². The zero-order valence-corrected chi connectivity index (χ0v) is 9.85. The highest BCUT2D eigenvalue weighted by Gasteiger charge is 2.24. The van der Waals surface area contributed by atoms with E-state index in [9.17, 15) is 4.79 Å². The Balaban J connectivity index is 0.00000128. The molecule has 1 aromatic rings. The summed E-state index contributed by atoms with van der Waals surface area (Å²) < 4.78 is 5.32. The first-order valence-electron chi connectivity index (χ1n) is 4.54. The smallest absolute Gasteiger partial charge is 0.339 e. The second-order valence-electron chi connectivity index (χ2n) is 3.42. The summed E-state index contributed by atoms with van der Waals surface area (Å²) in [5.41, 5.74) is 6.60. The molecule has 0 fully saturated rings. The minimum Gasteiger partial charge on any atom is -0.492 e. The van der Waals surface area contributed by atoms with Crippen LogP contribution in [-0.2, 0) is 0 Å². The van der Waals surface area contributed by atoms with Crippen LogP contribution < -0.4 is 10.5 Å². The van der Waals surface area contributed by atoms with E-state index in [1.165, 1.54) is 6.07 Å². The molecule has 4 nitrogen and oxygen atoms in total. The third-order valence-corrected chi connectivity index (χ3v) is 2.61. The molecule has 0 aromatic heterocycles. The minimum absolute atomic E-state index is 0. The molecule has 1 aliphatic rings. The first kappa shape index (κ1) is 13.1. The molecule has 0 unspecified atom stereocenters. The van der Waals surface area contributed by atoms with Crippen LogP contribution in [0.15, 0.2) is 12.1 Å². The standard InChI is InChI=1S/C10H10ClNO3.ClH/c11-5-3-6-8(12)1-2-15-9(6)7(4-5)10(13)14;/h3-4,8H,1-2,12H2,(H,13,14);1H/t8-;/m1./s1. The Labute approximate surface area is 104 Å². The van der Waals surface area contributed by atoms with Crippen LogP contribution in [0.2, 0.25) is 5.02 Å². The summed E-state index contributed by atoms with van der Waals surface area (Å²) in [4.78, 5) is 11.0. The van der Waals surface area contributed by atoms with Gasteiger partial charge in [0.1, 0.15) is 11.3 Å². The van der Waals surface area contributed by atoms with Gasteiger partial charge in [0.05, 0.1) is 6.61 Å². The van der Waals surface area contributed by atoms with Crippen LogP contribution >= 0.6 is 24.0 Å². The molecule has 1 atom stereocenters. The van der Waals surface area contributed by atoms with E-state index in [0.717, 1.165) is 0 Å². The quantitative estimate of drug-likeness (QED) is 0.815. The number of nitrogens with two attached hydrogens (primary N) is 1. The minimum atomic E-state index is -1.05. The fourth-order valence-electron chi connectivity index (χ4n) is 1.65. The van der Waals surface area contributed by atoms with Crippen molar-refractivity contribution >= 4 is 30.0 Å². The maximum absolute atomic E-state index is 11.0. The Bertz CT molecular complexity index is 423. The normalized spacial score (nSPS) is 18.0. The molecule has 6 heteroatoms. The molecule has 0 radical (unpaired) electrons. The number of carboxylic acid groups (broad SMARTS) is 1. The van der Waals surface area contributed by atoms with Crippen LogP contribution in [-0.4, -0.2) is 17.7 Å². The van der Waals surface area contributed by atoms with E-state index in [4.69, 9.17) is 27.2 Å². The number of hydrogen-bond acceptors (Lipinski definition) is 3. The fourth-order valence-corrected chi connectivity index (χ4v) is 1.88. The van der Waals surface area contributed by atoms with Gasteiger partial charge in [0.15, 0.2) is 0 Å². The molecule has 1 heterocycles. The number of halogens is 2. The third kappa shape index (κ3) is 2.24. The van der Waals surface area contributed by atoms with Gasteiger partial charge >= 0.3 is 5.97 Å². The molecule has 0 saturated heterocycles. The van der Waals surface area contributed by atoms with Crippen molar-refractivity contribution < 1.29 is 14.6 Å². The molecular formula is C10H11Cl2NO3. The van der Waals surface area contributed by atoms with Gasteiger partial charge in [-0.3, -0.25) is 0 Å². The Kier molecular flexibility index (Phi) is 4.02. The van der Waals surface area contributed by atoms with Crippen LogP contribution in [0.25, 0.3) is 0 Å². The van der Waals surface area contributed by atoms with E-state index < -0.39 is 5.97 Å². The van der Waals surface area contributed by atoms with Gasteiger partial charge in [-0.05, 0) is 12.1 Å².